The Hall–Kier alpha value is -1.36. The topological polar surface area (TPSA) is 63.2 Å². The predicted octanol–water partition coefficient (Wildman–Crippen LogP) is 2.22. The van der Waals surface area contributed by atoms with Crippen LogP contribution in [0.2, 0.25) is 0 Å². The molecule has 1 spiro atoms. The first kappa shape index (κ1) is 16.1. The molecule has 4 rings (SSSR count). The Morgan fingerprint density at radius 1 is 1.25 bits per heavy atom. The van der Waals surface area contributed by atoms with Gasteiger partial charge in [-0.25, -0.2) is 8.42 Å². The molecule has 1 aromatic rings. The van der Waals surface area contributed by atoms with E-state index in [0.29, 0.717) is 17.8 Å². The minimum Gasteiger partial charge on any atom is -0.356 e. The zero-order valence-corrected chi connectivity index (χ0v) is 15.0. The summed E-state index contributed by atoms with van der Waals surface area (Å²) in [6.07, 6.45) is 6.84. The molecular formula is C19H25NO3S. The van der Waals surface area contributed by atoms with E-state index in [-0.39, 0.29) is 17.1 Å². The molecule has 0 heterocycles. The van der Waals surface area contributed by atoms with E-state index in [1.54, 1.807) is 0 Å². The van der Waals surface area contributed by atoms with Gasteiger partial charge in [0.15, 0.2) is 0 Å². The fourth-order valence-electron chi connectivity index (χ4n) is 4.75. The molecule has 2 atom stereocenters. The standard InChI is InChI=1S/C19H25NO3S/c1-24(22,23)13-18(8-9-18)11-17(21)20-12-15-10-19(15)7-6-14-4-2-3-5-16(14)19/h2-5,15H,6-13H2,1H3,(H,20,21)/t15-,19+/m0/s1. The predicted molar refractivity (Wildman–Crippen MR) is 93.6 cm³/mol. The van der Waals surface area contributed by atoms with Crippen LogP contribution in [0.1, 0.15) is 43.2 Å². The van der Waals surface area contributed by atoms with E-state index in [9.17, 15) is 13.2 Å². The Labute approximate surface area is 143 Å². The van der Waals surface area contributed by atoms with Gasteiger partial charge in [-0.1, -0.05) is 24.3 Å². The average Bonchev–Trinajstić information content (AvgIpc) is 3.36. The highest BCUT2D eigenvalue weighted by Gasteiger charge is 2.57. The first-order valence-corrected chi connectivity index (χ1v) is 10.9. The van der Waals surface area contributed by atoms with E-state index in [2.05, 4.69) is 29.6 Å². The van der Waals surface area contributed by atoms with Crippen LogP contribution in [0.3, 0.4) is 0 Å². The molecule has 3 aliphatic carbocycles. The van der Waals surface area contributed by atoms with Crippen LogP contribution in [0.4, 0.5) is 0 Å². The summed E-state index contributed by atoms with van der Waals surface area (Å²) in [6.45, 7) is 0.724. The van der Waals surface area contributed by atoms with E-state index in [4.69, 9.17) is 0 Å². The summed E-state index contributed by atoms with van der Waals surface area (Å²) in [5.74, 6) is 0.702. The molecule has 130 valence electrons. The molecule has 0 aliphatic heterocycles. The van der Waals surface area contributed by atoms with Crippen LogP contribution < -0.4 is 5.32 Å². The van der Waals surface area contributed by atoms with Gasteiger partial charge >= 0.3 is 0 Å². The molecule has 3 aliphatic rings. The van der Waals surface area contributed by atoms with Crippen molar-refractivity contribution in [2.45, 2.75) is 43.9 Å². The summed E-state index contributed by atoms with van der Waals surface area (Å²) >= 11 is 0. The van der Waals surface area contributed by atoms with Crippen molar-refractivity contribution in [3.63, 3.8) is 0 Å². The molecular weight excluding hydrogens is 322 g/mol. The monoisotopic (exact) mass is 347 g/mol. The maximum absolute atomic E-state index is 12.3. The summed E-state index contributed by atoms with van der Waals surface area (Å²) in [5.41, 5.74) is 2.98. The maximum atomic E-state index is 12.3. The van der Waals surface area contributed by atoms with Gasteiger partial charge in [-0.05, 0) is 54.6 Å². The van der Waals surface area contributed by atoms with Crippen molar-refractivity contribution in [1.82, 2.24) is 5.32 Å². The molecule has 1 aromatic carbocycles. The van der Waals surface area contributed by atoms with E-state index >= 15 is 0 Å². The molecule has 0 saturated heterocycles. The number of benzene rings is 1. The lowest BCUT2D eigenvalue weighted by Gasteiger charge is -2.15. The van der Waals surface area contributed by atoms with Crippen molar-refractivity contribution in [1.29, 1.82) is 0 Å². The molecule has 0 radical (unpaired) electrons. The lowest BCUT2D eigenvalue weighted by molar-refractivity contribution is -0.122. The van der Waals surface area contributed by atoms with Crippen LogP contribution in [0.25, 0.3) is 0 Å². The van der Waals surface area contributed by atoms with E-state index < -0.39 is 9.84 Å². The molecule has 0 unspecified atom stereocenters. The Morgan fingerprint density at radius 3 is 2.71 bits per heavy atom. The third-order valence-electron chi connectivity index (χ3n) is 6.23. The zero-order valence-electron chi connectivity index (χ0n) is 14.2. The van der Waals surface area contributed by atoms with Gasteiger partial charge in [0, 0.05) is 24.6 Å². The third kappa shape index (κ3) is 2.99. The number of sulfone groups is 1. The van der Waals surface area contributed by atoms with Crippen molar-refractivity contribution in [2.75, 3.05) is 18.6 Å². The van der Waals surface area contributed by atoms with E-state index in [0.717, 1.165) is 25.8 Å². The summed E-state index contributed by atoms with van der Waals surface area (Å²) in [6, 6.07) is 8.69. The molecule has 5 heteroatoms. The summed E-state index contributed by atoms with van der Waals surface area (Å²) in [4.78, 5) is 12.3. The zero-order chi connectivity index (χ0) is 17.0. The van der Waals surface area contributed by atoms with Crippen LogP contribution in [0.15, 0.2) is 24.3 Å². The van der Waals surface area contributed by atoms with Crippen LogP contribution in [0, 0.1) is 11.3 Å². The fraction of sp³-hybridized carbons (Fsp3) is 0.632. The number of fused-ring (bicyclic) bond motifs is 2. The van der Waals surface area contributed by atoms with Gasteiger partial charge in [-0.3, -0.25) is 4.79 Å². The lowest BCUT2D eigenvalue weighted by atomic mass is 9.95. The van der Waals surface area contributed by atoms with Crippen LogP contribution in [-0.4, -0.2) is 32.9 Å². The molecule has 4 nitrogen and oxygen atoms in total. The second-order valence-electron chi connectivity index (χ2n) is 8.27. The average molecular weight is 347 g/mol. The van der Waals surface area contributed by atoms with Crippen LogP contribution in [-0.2, 0) is 26.5 Å². The summed E-state index contributed by atoms with van der Waals surface area (Å²) < 4.78 is 23.0. The third-order valence-corrected chi connectivity index (χ3v) is 7.37. The van der Waals surface area contributed by atoms with Crippen molar-refractivity contribution in [3.8, 4) is 0 Å². The smallest absolute Gasteiger partial charge is 0.220 e. The first-order chi connectivity index (χ1) is 11.3. The van der Waals surface area contributed by atoms with Gasteiger partial charge in [0.1, 0.15) is 9.84 Å². The molecule has 0 aromatic heterocycles. The number of hydrogen-bond donors (Lipinski definition) is 1. The number of nitrogens with one attached hydrogen (secondary N) is 1. The minimum atomic E-state index is -3.02. The number of carbonyl (C=O) groups excluding carboxylic acids is 1. The maximum Gasteiger partial charge on any atom is 0.220 e. The molecule has 1 amide bonds. The largest absolute Gasteiger partial charge is 0.356 e. The highest BCUT2D eigenvalue weighted by Crippen LogP contribution is 2.61. The van der Waals surface area contributed by atoms with E-state index in [1.165, 1.54) is 30.2 Å². The number of aryl methyl sites for hydroxylation is 1. The van der Waals surface area contributed by atoms with Gasteiger partial charge in [-0.15, -0.1) is 0 Å². The fourth-order valence-corrected chi connectivity index (χ4v) is 6.25. The van der Waals surface area contributed by atoms with E-state index in [1.807, 2.05) is 0 Å². The first-order valence-electron chi connectivity index (χ1n) is 8.85. The molecule has 0 bridgehead atoms. The van der Waals surface area contributed by atoms with Gasteiger partial charge in [0.2, 0.25) is 5.91 Å². The number of rotatable bonds is 6. The summed E-state index contributed by atoms with van der Waals surface area (Å²) in [5, 5.41) is 3.07. The second kappa shape index (κ2) is 5.32. The Kier molecular flexibility index (Phi) is 3.57. The summed E-state index contributed by atoms with van der Waals surface area (Å²) in [7, 11) is -3.02. The number of amides is 1. The highest BCUT2D eigenvalue weighted by molar-refractivity contribution is 7.90. The van der Waals surface area contributed by atoms with Crippen molar-refractivity contribution < 1.29 is 13.2 Å². The quantitative estimate of drug-likeness (QED) is 0.858. The Bertz CT molecular complexity index is 782. The van der Waals surface area contributed by atoms with Gasteiger partial charge in [0.05, 0.1) is 5.75 Å². The van der Waals surface area contributed by atoms with Gasteiger partial charge in [-0.2, -0.15) is 0 Å². The Balaban J connectivity index is 1.31. The van der Waals surface area contributed by atoms with Gasteiger partial charge in [0.25, 0.3) is 0 Å². The Morgan fingerprint density at radius 2 is 2.00 bits per heavy atom. The number of carbonyl (C=O) groups is 1. The van der Waals surface area contributed by atoms with Gasteiger partial charge < -0.3 is 5.32 Å². The van der Waals surface area contributed by atoms with Crippen LogP contribution in [0.5, 0.6) is 0 Å². The molecule has 2 saturated carbocycles. The highest BCUT2D eigenvalue weighted by atomic mass is 32.2. The molecule has 24 heavy (non-hydrogen) atoms. The number of hydrogen-bond acceptors (Lipinski definition) is 3. The second-order valence-corrected chi connectivity index (χ2v) is 10.4. The lowest BCUT2D eigenvalue weighted by Crippen LogP contribution is -2.31. The van der Waals surface area contributed by atoms with Crippen molar-refractivity contribution in [2.24, 2.45) is 11.3 Å². The van der Waals surface area contributed by atoms with Crippen molar-refractivity contribution >= 4 is 15.7 Å². The van der Waals surface area contributed by atoms with Crippen LogP contribution >= 0.6 is 0 Å². The SMILES string of the molecule is CS(=O)(=O)CC1(CC(=O)NC[C@@H]2C[C@]23CCc2ccccc23)CC1. The van der Waals surface area contributed by atoms with Crippen molar-refractivity contribution in [3.05, 3.63) is 35.4 Å². The normalized spacial score (nSPS) is 29.3. The molecule has 1 N–H and O–H groups in total. The molecule has 2 fully saturated rings. The minimum absolute atomic E-state index is 0.0180.